The van der Waals surface area contributed by atoms with E-state index in [0.29, 0.717) is 33.4 Å². The van der Waals surface area contributed by atoms with E-state index in [-0.39, 0.29) is 21.5 Å². The molecule has 0 N–H and O–H groups in total. The lowest BCUT2D eigenvalue weighted by Gasteiger charge is -2.01. The van der Waals surface area contributed by atoms with Crippen molar-refractivity contribution in [1.29, 1.82) is 0 Å². The maximum atomic E-state index is 13.1. The highest BCUT2D eigenvalue weighted by Crippen LogP contribution is 2.23. The van der Waals surface area contributed by atoms with Crippen LogP contribution in [0.15, 0.2) is 104 Å². The maximum absolute atomic E-state index is 13.1. The summed E-state index contributed by atoms with van der Waals surface area (Å²) in [5, 5.41) is 0.973. The van der Waals surface area contributed by atoms with E-state index in [1.165, 1.54) is 0 Å². The van der Waals surface area contributed by atoms with Crippen molar-refractivity contribution in [2.24, 2.45) is 0 Å². The van der Waals surface area contributed by atoms with Crippen molar-refractivity contribution < 1.29 is 0 Å². The van der Waals surface area contributed by atoms with Crippen molar-refractivity contribution in [3.8, 4) is 11.4 Å². The zero-order valence-electron chi connectivity index (χ0n) is 18.5. The summed E-state index contributed by atoms with van der Waals surface area (Å²) in [5.41, 5.74) is 0.879. The van der Waals surface area contributed by atoms with Gasteiger partial charge in [-0.15, -0.1) is 0 Å². The van der Waals surface area contributed by atoms with Gasteiger partial charge in [-0.2, -0.15) is 0 Å². The molecule has 7 rings (SSSR count). The van der Waals surface area contributed by atoms with E-state index in [1.807, 2.05) is 0 Å². The predicted octanol–water partition coefficient (Wildman–Crippen LogP) is 2.99. The molecular formula is C28H14N4O4. The number of nitrogens with zero attached hydrogens (tertiary/aromatic N) is 4. The molecule has 36 heavy (non-hydrogen) atoms. The Morgan fingerprint density at radius 1 is 0.417 bits per heavy atom. The van der Waals surface area contributed by atoms with Gasteiger partial charge in [0.25, 0.3) is 22.2 Å². The third kappa shape index (κ3) is 2.69. The molecule has 4 aromatic carbocycles. The van der Waals surface area contributed by atoms with Gasteiger partial charge in [-0.1, -0.05) is 36.4 Å². The molecule has 0 atom stereocenters. The van der Waals surface area contributed by atoms with Gasteiger partial charge in [0.1, 0.15) is 0 Å². The minimum atomic E-state index is -0.432. The lowest BCUT2D eigenvalue weighted by molar-refractivity contribution is 0.991. The molecule has 8 heteroatoms. The molecule has 0 unspecified atom stereocenters. The van der Waals surface area contributed by atoms with E-state index < -0.39 is 22.2 Å². The summed E-state index contributed by atoms with van der Waals surface area (Å²) < 4.78 is 2.26. The van der Waals surface area contributed by atoms with Crippen LogP contribution in [0, 0.1) is 0 Å². The number of aromatic nitrogens is 4. The minimum Gasteiger partial charge on any atom is -0.268 e. The Balaban J connectivity index is 1.51. The summed E-state index contributed by atoms with van der Waals surface area (Å²) in [6, 6.07) is 23.6. The second-order valence-corrected chi connectivity index (χ2v) is 8.56. The van der Waals surface area contributed by atoms with Gasteiger partial charge in [-0.05, 0) is 48.5 Å². The largest absolute Gasteiger partial charge is 0.268 e. The van der Waals surface area contributed by atoms with E-state index in [2.05, 4.69) is 9.97 Å². The molecule has 0 fully saturated rings. The zero-order valence-corrected chi connectivity index (χ0v) is 18.5. The maximum Gasteiger partial charge on any atom is 0.266 e. The number of rotatable bonds is 2. The molecule has 0 aliphatic heterocycles. The monoisotopic (exact) mass is 470 g/mol. The Labute approximate surface area is 200 Å². The van der Waals surface area contributed by atoms with Crippen LogP contribution in [-0.2, 0) is 0 Å². The molecule has 3 heterocycles. The Hall–Kier alpha value is -5.24. The predicted molar refractivity (Wildman–Crippen MR) is 138 cm³/mol. The smallest absolute Gasteiger partial charge is 0.266 e. The van der Waals surface area contributed by atoms with Crippen LogP contribution >= 0.6 is 0 Å². The van der Waals surface area contributed by atoms with Crippen molar-refractivity contribution >= 4 is 43.6 Å². The third-order valence-electron chi connectivity index (χ3n) is 6.47. The Kier molecular flexibility index (Phi) is 3.99. The van der Waals surface area contributed by atoms with Crippen LogP contribution in [-0.4, -0.2) is 19.1 Å². The van der Waals surface area contributed by atoms with Crippen molar-refractivity contribution in [3.05, 3.63) is 126 Å². The highest BCUT2D eigenvalue weighted by molar-refractivity contribution is 6.01. The van der Waals surface area contributed by atoms with Gasteiger partial charge in [0.15, 0.2) is 0 Å². The number of fused-ring (bicyclic) bond motifs is 4. The summed E-state index contributed by atoms with van der Waals surface area (Å²) in [4.78, 5) is 61.6. The molecule has 3 aromatic heterocycles. The first-order valence-corrected chi connectivity index (χ1v) is 11.2. The summed E-state index contributed by atoms with van der Waals surface area (Å²) in [6.45, 7) is 0. The van der Waals surface area contributed by atoms with Gasteiger partial charge >= 0.3 is 0 Å². The van der Waals surface area contributed by atoms with Crippen molar-refractivity contribution in [2.75, 3.05) is 0 Å². The van der Waals surface area contributed by atoms with Crippen LogP contribution in [0.1, 0.15) is 0 Å². The highest BCUT2D eigenvalue weighted by atomic mass is 16.2. The van der Waals surface area contributed by atoms with Gasteiger partial charge in [0.2, 0.25) is 0 Å². The second-order valence-electron chi connectivity index (χ2n) is 8.56. The molecule has 0 aliphatic carbocycles. The average Bonchev–Trinajstić information content (AvgIpc) is 3.29. The number of benzene rings is 4. The summed E-state index contributed by atoms with van der Waals surface area (Å²) >= 11 is 0. The van der Waals surface area contributed by atoms with Gasteiger partial charge in [0, 0.05) is 0 Å². The van der Waals surface area contributed by atoms with Crippen LogP contribution in [0.4, 0.5) is 0 Å². The van der Waals surface area contributed by atoms with Crippen LogP contribution in [0.5, 0.6) is 0 Å². The van der Waals surface area contributed by atoms with Crippen LogP contribution in [0.3, 0.4) is 0 Å². The van der Waals surface area contributed by atoms with E-state index in [1.54, 1.807) is 84.9 Å². The van der Waals surface area contributed by atoms with Gasteiger partial charge in [-0.25, -0.2) is 19.1 Å². The molecule has 0 spiro atoms. The van der Waals surface area contributed by atoms with E-state index in [0.717, 1.165) is 9.13 Å². The topological polar surface area (TPSA) is 104 Å². The molecule has 0 saturated carbocycles. The average molecular weight is 470 g/mol. The fourth-order valence-corrected chi connectivity index (χ4v) is 4.77. The molecule has 0 bridgehead atoms. The SMILES string of the molecule is O=c1c2cc3nc4cc5c(=O)n(-c6ccccc6)c(=O)c5cc4nc3cc2c(=O)n1-c1ccccc1. The van der Waals surface area contributed by atoms with Crippen molar-refractivity contribution in [1.82, 2.24) is 19.1 Å². The minimum absolute atomic E-state index is 0.243. The Morgan fingerprint density at radius 3 is 0.972 bits per heavy atom. The third-order valence-corrected chi connectivity index (χ3v) is 6.47. The molecule has 7 aromatic rings. The van der Waals surface area contributed by atoms with Gasteiger partial charge in [0.05, 0.1) is 55.0 Å². The molecule has 0 amide bonds. The molecule has 0 aliphatic rings. The number of hydrogen-bond acceptors (Lipinski definition) is 6. The lowest BCUT2D eigenvalue weighted by Crippen LogP contribution is -2.23. The first-order chi connectivity index (χ1) is 17.5. The highest BCUT2D eigenvalue weighted by Gasteiger charge is 2.19. The lowest BCUT2D eigenvalue weighted by atomic mass is 10.1. The van der Waals surface area contributed by atoms with E-state index >= 15 is 0 Å². The fraction of sp³-hybridized carbons (Fsp3) is 0. The number of para-hydroxylation sites is 2. The zero-order chi connectivity index (χ0) is 24.6. The van der Waals surface area contributed by atoms with Gasteiger partial charge < -0.3 is 0 Å². The second kappa shape index (κ2) is 7.13. The van der Waals surface area contributed by atoms with Crippen molar-refractivity contribution in [2.45, 2.75) is 0 Å². The molecule has 0 radical (unpaired) electrons. The van der Waals surface area contributed by atoms with Crippen LogP contribution < -0.4 is 22.2 Å². The standard InChI is InChI=1S/C28H14N4O4/c33-25-17-11-21-22(12-18(17)26(34)31(25)15-7-3-1-4-8-15)30-24-14-20-19(13-23(24)29-21)27(35)32(28(20)36)16-9-5-2-6-10-16/h1-14H. The quantitative estimate of drug-likeness (QED) is 0.360. The van der Waals surface area contributed by atoms with E-state index in [9.17, 15) is 19.2 Å². The van der Waals surface area contributed by atoms with Crippen LogP contribution in [0.25, 0.3) is 55.0 Å². The molecule has 170 valence electrons. The summed E-state index contributed by atoms with van der Waals surface area (Å²) in [5.74, 6) is 0. The normalized spacial score (nSPS) is 11.8. The van der Waals surface area contributed by atoms with Crippen molar-refractivity contribution in [3.63, 3.8) is 0 Å². The van der Waals surface area contributed by atoms with Gasteiger partial charge in [-0.3, -0.25) is 19.2 Å². The summed E-state index contributed by atoms with van der Waals surface area (Å²) in [7, 11) is 0. The molecule has 8 nitrogen and oxygen atoms in total. The molecule has 0 saturated heterocycles. The first-order valence-electron chi connectivity index (χ1n) is 11.2. The van der Waals surface area contributed by atoms with E-state index in [4.69, 9.17) is 0 Å². The Morgan fingerprint density at radius 2 is 0.694 bits per heavy atom. The molecular weight excluding hydrogens is 456 g/mol. The summed E-state index contributed by atoms with van der Waals surface area (Å²) in [6.07, 6.45) is 0. The fourth-order valence-electron chi connectivity index (χ4n) is 4.77. The Bertz CT molecular complexity index is 1950. The van der Waals surface area contributed by atoms with Crippen LogP contribution in [0.2, 0.25) is 0 Å². The number of hydrogen-bond donors (Lipinski definition) is 0. The first kappa shape index (κ1) is 20.2.